The van der Waals surface area contributed by atoms with E-state index in [2.05, 4.69) is 10.3 Å². The largest absolute Gasteiger partial charge is 0.289 e. The van der Waals surface area contributed by atoms with Crippen molar-refractivity contribution in [1.82, 2.24) is 15.0 Å². The van der Waals surface area contributed by atoms with Gasteiger partial charge in [-0.1, -0.05) is 41.6 Å². The van der Waals surface area contributed by atoms with Crippen molar-refractivity contribution in [3.63, 3.8) is 0 Å². The van der Waals surface area contributed by atoms with Crippen LogP contribution in [0.3, 0.4) is 0 Å². The van der Waals surface area contributed by atoms with Crippen molar-refractivity contribution in [3.8, 4) is 5.69 Å². The van der Waals surface area contributed by atoms with Gasteiger partial charge in [0, 0.05) is 11.0 Å². The molecule has 0 amide bonds. The molecule has 156 valence electrons. The van der Waals surface area contributed by atoms with Gasteiger partial charge in [-0.15, -0.1) is 5.10 Å². The van der Waals surface area contributed by atoms with E-state index in [4.69, 9.17) is 0 Å². The normalized spacial score (nSPS) is 29.0. The van der Waals surface area contributed by atoms with E-state index in [0.717, 1.165) is 29.0 Å². The smallest absolute Gasteiger partial charge is 0.185 e. The summed E-state index contributed by atoms with van der Waals surface area (Å²) in [6.45, 7) is 0. The molecule has 3 aromatic rings. The van der Waals surface area contributed by atoms with Gasteiger partial charge in [-0.05, 0) is 92.2 Å². The van der Waals surface area contributed by atoms with E-state index >= 15 is 0 Å². The fraction of sp³-hybridized carbons (Fsp3) is 0.370. The molecule has 2 aromatic carbocycles. The molecule has 7 rings (SSSR count). The van der Waals surface area contributed by atoms with Crippen molar-refractivity contribution in [2.75, 3.05) is 0 Å². The molecule has 4 aliphatic rings. The first kappa shape index (κ1) is 18.7. The molecule has 0 atom stereocenters. The highest BCUT2D eigenvalue weighted by atomic mass is 16.1. The molecule has 4 heteroatoms. The SMILES string of the molecule is O=C(C=Cc1ccccc1)c1ccc(-n2nncc2C23CC4CC(CC(C4)C2)C3)cc1. The van der Waals surface area contributed by atoms with Crippen molar-refractivity contribution in [3.05, 3.63) is 83.7 Å². The van der Waals surface area contributed by atoms with Crippen molar-refractivity contribution in [2.24, 2.45) is 17.8 Å². The van der Waals surface area contributed by atoms with Gasteiger partial charge in [0.05, 0.1) is 17.6 Å². The van der Waals surface area contributed by atoms with Gasteiger partial charge in [0.15, 0.2) is 5.78 Å². The van der Waals surface area contributed by atoms with Crippen LogP contribution < -0.4 is 0 Å². The molecule has 4 nitrogen and oxygen atoms in total. The number of carbonyl (C=O) groups is 1. The summed E-state index contributed by atoms with van der Waals surface area (Å²) in [6.07, 6.45) is 13.6. The van der Waals surface area contributed by atoms with E-state index in [1.807, 2.05) is 71.6 Å². The fourth-order valence-corrected chi connectivity index (χ4v) is 6.81. The predicted molar refractivity (Wildman–Crippen MR) is 121 cm³/mol. The van der Waals surface area contributed by atoms with Gasteiger partial charge in [0.1, 0.15) is 0 Å². The maximum atomic E-state index is 12.6. The van der Waals surface area contributed by atoms with Gasteiger partial charge < -0.3 is 0 Å². The van der Waals surface area contributed by atoms with Crippen LogP contribution in [0.5, 0.6) is 0 Å². The van der Waals surface area contributed by atoms with Gasteiger partial charge in [0.25, 0.3) is 0 Å². The molecule has 1 heterocycles. The second-order valence-corrected chi connectivity index (χ2v) is 9.88. The van der Waals surface area contributed by atoms with Crippen LogP contribution in [-0.4, -0.2) is 20.8 Å². The summed E-state index contributed by atoms with van der Waals surface area (Å²) in [5, 5.41) is 8.77. The van der Waals surface area contributed by atoms with Crippen LogP contribution in [0.1, 0.15) is 60.1 Å². The Morgan fingerprint density at radius 2 is 1.55 bits per heavy atom. The first-order valence-electron chi connectivity index (χ1n) is 11.5. The standard InChI is InChI=1S/C27H27N3O/c31-25(11-6-19-4-2-1-3-5-19)23-7-9-24(10-8-23)30-26(18-28-29-30)27-15-20-12-21(16-27)14-22(13-20)17-27/h1-11,18,20-22H,12-17H2. The third kappa shape index (κ3) is 3.34. The van der Waals surface area contributed by atoms with E-state index < -0.39 is 0 Å². The molecule has 0 unspecified atom stereocenters. The lowest BCUT2D eigenvalue weighted by atomic mass is 9.49. The molecular weight excluding hydrogens is 382 g/mol. The molecule has 0 saturated heterocycles. The predicted octanol–water partition coefficient (Wildman–Crippen LogP) is 5.63. The number of rotatable bonds is 5. The Kier molecular flexibility index (Phi) is 4.41. The summed E-state index contributed by atoms with van der Waals surface area (Å²) in [5.74, 6) is 2.65. The van der Waals surface area contributed by atoms with E-state index in [0.29, 0.717) is 5.56 Å². The molecule has 1 aromatic heterocycles. The number of allylic oxidation sites excluding steroid dienone is 1. The minimum absolute atomic E-state index is 0.00954. The van der Waals surface area contributed by atoms with Crippen LogP contribution in [-0.2, 0) is 5.41 Å². The maximum absolute atomic E-state index is 12.6. The molecule has 0 aliphatic heterocycles. The Bertz CT molecular complexity index is 1090. The van der Waals surface area contributed by atoms with Crippen LogP contribution in [0.25, 0.3) is 11.8 Å². The third-order valence-electron chi connectivity index (χ3n) is 7.75. The first-order valence-corrected chi connectivity index (χ1v) is 11.5. The monoisotopic (exact) mass is 409 g/mol. The summed E-state index contributed by atoms with van der Waals surface area (Å²) >= 11 is 0. The average molecular weight is 410 g/mol. The number of hydrogen-bond donors (Lipinski definition) is 0. The van der Waals surface area contributed by atoms with E-state index in [1.54, 1.807) is 6.08 Å². The van der Waals surface area contributed by atoms with Crippen LogP contribution in [0.15, 0.2) is 66.9 Å². The zero-order chi connectivity index (χ0) is 20.8. The van der Waals surface area contributed by atoms with Crippen molar-refractivity contribution >= 4 is 11.9 Å². The molecule has 0 N–H and O–H groups in total. The van der Waals surface area contributed by atoms with Gasteiger partial charge in [0.2, 0.25) is 0 Å². The number of hydrogen-bond acceptors (Lipinski definition) is 3. The molecule has 4 aliphatic carbocycles. The molecular formula is C27H27N3O. The van der Waals surface area contributed by atoms with Crippen LogP contribution in [0.2, 0.25) is 0 Å². The summed E-state index contributed by atoms with van der Waals surface area (Å²) < 4.78 is 2.03. The Balaban J connectivity index is 1.25. The Morgan fingerprint density at radius 1 is 0.903 bits per heavy atom. The highest BCUT2D eigenvalue weighted by molar-refractivity contribution is 6.06. The summed E-state index contributed by atoms with van der Waals surface area (Å²) in [4.78, 5) is 12.6. The summed E-state index contributed by atoms with van der Waals surface area (Å²) in [5.41, 5.74) is 4.22. The van der Waals surface area contributed by atoms with Crippen LogP contribution in [0, 0.1) is 17.8 Å². The Hall–Kier alpha value is -3.01. The van der Waals surface area contributed by atoms with Gasteiger partial charge in [-0.25, -0.2) is 4.68 Å². The highest BCUT2D eigenvalue weighted by Crippen LogP contribution is 2.60. The molecule has 0 spiro atoms. The summed E-state index contributed by atoms with van der Waals surface area (Å²) in [6, 6.07) is 17.7. The van der Waals surface area contributed by atoms with Crippen LogP contribution in [0.4, 0.5) is 0 Å². The minimum atomic E-state index is 0.00954. The molecule has 4 saturated carbocycles. The number of nitrogens with zero attached hydrogens (tertiary/aromatic N) is 3. The zero-order valence-corrected chi connectivity index (χ0v) is 17.7. The van der Waals surface area contributed by atoms with Gasteiger partial charge >= 0.3 is 0 Å². The van der Waals surface area contributed by atoms with Gasteiger partial charge in [-0.3, -0.25) is 4.79 Å². The van der Waals surface area contributed by atoms with Crippen molar-refractivity contribution < 1.29 is 4.79 Å². The quantitative estimate of drug-likeness (QED) is 0.405. The maximum Gasteiger partial charge on any atom is 0.185 e. The second-order valence-electron chi connectivity index (χ2n) is 9.88. The average Bonchev–Trinajstić information content (AvgIpc) is 3.28. The summed E-state index contributed by atoms with van der Waals surface area (Å²) in [7, 11) is 0. The molecule has 0 radical (unpaired) electrons. The third-order valence-corrected chi connectivity index (χ3v) is 7.75. The Morgan fingerprint density at radius 3 is 2.19 bits per heavy atom. The molecule has 4 bridgehead atoms. The van der Waals surface area contributed by atoms with Gasteiger partial charge in [-0.2, -0.15) is 0 Å². The van der Waals surface area contributed by atoms with E-state index in [9.17, 15) is 4.79 Å². The Labute approximate surface area is 183 Å². The van der Waals surface area contributed by atoms with E-state index in [-0.39, 0.29) is 11.2 Å². The highest BCUT2D eigenvalue weighted by Gasteiger charge is 2.53. The number of carbonyl (C=O) groups excluding carboxylic acids is 1. The number of ketones is 1. The molecule has 4 fully saturated rings. The van der Waals surface area contributed by atoms with Crippen LogP contribution >= 0.6 is 0 Å². The molecule has 31 heavy (non-hydrogen) atoms. The van der Waals surface area contributed by atoms with Crippen molar-refractivity contribution in [1.29, 1.82) is 0 Å². The fourth-order valence-electron chi connectivity index (χ4n) is 6.81. The minimum Gasteiger partial charge on any atom is -0.289 e. The zero-order valence-electron chi connectivity index (χ0n) is 17.7. The second kappa shape index (κ2) is 7.30. The number of aromatic nitrogens is 3. The van der Waals surface area contributed by atoms with Crippen molar-refractivity contribution in [2.45, 2.75) is 43.9 Å². The number of benzene rings is 2. The lowest BCUT2D eigenvalue weighted by molar-refractivity contribution is -0.00828. The lowest BCUT2D eigenvalue weighted by Crippen LogP contribution is -2.49. The first-order chi connectivity index (χ1) is 15.2. The topological polar surface area (TPSA) is 47.8 Å². The van der Waals surface area contributed by atoms with E-state index in [1.165, 1.54) is 44.2 Å². The lowest BCUT2D eigenvalue weighted by Gasteiger charge is -2.56.